The number of benzene rings is 2. The average Bonchev–Trinajstić information content (AvgIpc) is 3.77. The summed E-state index contributed by atoms with van der Waals surface area (Å²) in [4.78, 5) is 40.4. The number of carbonyl (C=O) groups is 3. The van der Waals surface area contributed by atoms with Crippen molar-refractivity contribution in [3.8, 4) is 0 Å². The summed E-state index contributed by atoms with van der Waals surface area (Å²) in [6, 6.07) is 7.28. The van der Waals surface area contributed by atoms with Crippen LogP contribution in [0.15, 0.2) is 48.6 Å². The summed E-state index contributed by atoms with van der Waals surface area (Å²) in [5, 5.41) is -0.485. The average molecular weight is 530 g/mol. The largest absolute Gasteiger partial charge is 0.417 e. The van der Waals surface area contributed by atoms with Gasteiger partial charge in [0.05, 0.1) is 28.1 Å². The van der Waals surface area contributed by atoms with Crippen molar-refractivity contribution >= 4 is 34.9 Å². The van der Waals surface area contributed by atoms with Gasteiger partial charge >= 0.3 is 6.18 Å². The van der Waals surface area contributed by atoms with Gasteiger partial charge in [-0.1, -0.05) is 29.8 Å². The Morgan fingerprint density at radius 1 is 0.919 bits per heavy atom. The predicted molar refractivity (Wildman–Crippen MR) is 125 cm³/mol. The van der Waals surface area contributed by atoms with Crippen LogP contribution in [0.2, 0.25) is 5.02 Å². The van der Waals surface area contributed by atoms with Gasteiger partial charge in [0.25, 0.3) is 0 Å². The van der Waals surface area contributed by atoms with Gasteiger partial charge in [0.2, 0.25) is 11.8 Å². The molecule has 8 atom stereocenters. The van der Waals surface area contributed by atoms with Crippen molar-refractivity contribution in [2.45, 2.75) is 24.9 Å². The third-order valence-electron chi connectivity index (χ3n) is 8.99. The second kappa shape index (κ2) is 7.53. The number of allylic oxidation sites excluding steroid dienone is 2. The van der Waals surface area contributed by atoms with Gasteiger partial charge in [-0.3, -0.25) is 14.4 Å². The van der Waals surface area contributed by atoms with Gasteiger partial charge in [-0.25, -0.2) is 9.29 Å². The molecule has 0 aromatic heterocycles. The topological polar surface area (TPSA) is 54.5 Å². The molecule has 4 fully saturated rings. The number of halogens is 5. The Balaban J connectivity index is 1.11. The summed E-state index contributed by atoms with van der Waals surface area (Å²) < 4.78 is 54.9. The fraction of sp³-hybridized carbons (Fsp3) is 0.393. The maximum absolute atomic E-state index is 15.3. The lowest BCUT2D eigenvalue weighted by Gasteiger charge is -2.37. The van der Waals surface area contributed by atoms with Crippen LogP contribution in [0.5, 0.6) is 0 Å². The van der Waals surface area contributed by atoms with Gasteiger partial charge < -0.3 is 0 Å². The zero-order chi connectivity index (χ0) is 26.0. The molecule has 37 heavy (non-hydrogen) atoms. The minimum atomic E-state index is -4.69. The molecule has 9 heteroatoms. The standard InChI is InChI=1S/C28H20ClF4NO3/c29-20-5-1-12(7-19(20)28(31,32)33)25(35)18-9-15(18)11-2-6-22(21(30)8-11)34-26(36)23-13-3-4-14(17-10-16(13)17)24(23)27(34)37/h1-8,13-18,23-24H,9-10H2/t13-,14?,15?,16?,17-,18?,23-,24+/m1/s1. The van der Waals surface area contributed by atoms with Crippen LogP contribution in [0.25, 0.3) is 0 Å². The highest BCUT2D eigenvalue weighted by atomic mass is 35.5. The third kappa shape index (κ3) is 3.30. The summed E-state index contributed by atoms with van der Waals surface area (Å²) in [5.74, 6) is -2.76. The molecule has 5 aliphatic carbocycles. The molecule has 0 N–H and O–H groups in total. The van der Waals surface area contributed by atoms with Gasteiger partial charge in [0, 0.05) is 11.5 Å². The van der Waals surface area contributed by atoms with Crippen molar-refractivity contribution in [3.63, 3.8) is 0 Å². The molecule has 4 nitrogen and oxygen atoms in total. The van der Waals surface area contributed by atoms with Crippen LogP contribution in [0.3, 0.4) is 0 Å². The second-order valence-corrected chi connectivity index (χ2v) is 11.3. The van der Waals surface area contributed by atoms with E-state index < -0.39 is 46.1 Å². The van der Waals surface area contributed by atoms with E-state index in [0.29, 0.717) is 23.8 Å². The molecule has 190 valence electrons. The van der Waals surface area contributed by atoms with E-state index in [1.807, 2.05) is 0 Å². The number of ketones is 1. The number of nitrogens with zero attached hydrogens (tertiary/aromatic N) is 1. The first-order valence-electron chi connectivity index (χ1n) is 12.3. The molecule has 2 aromatic rings. The maximum atomic E-state index is 15.3. The van der Waals surface area contributed by atoms with Crippen LogP contribution in [0, 0.1) is 47.2 Å². The molecule has 0 radical (unpaired) electrons. The van der Waals surface area contributed by atoms with Crippen LogP contribution in [-0.4, -0.2) is 17.6 Å². The van der Waals surface area contributed by atoms with E-state index in [-0.39, 0.29) is 40.8 Å². The number of alkyl halides is 3. The molecule has 2 amide bonds. The maximum Gasteiger partial charge on any atom is 0.417 e. The lowest BCUT2D eigenvalue weighted by Crippen LogP contribution is -2.40. The van der Waals surface area contributed by atoms with E-state index >= 15 is 4.39 Å². The Kier molecular flexibility index (Phi) is 4.71. The third-order valence-corrected chi connectivity index (χ3v) is 9.32. The molecule has 1 heterocycles. The fourth-order valence-corrected chi connectivity index (χ4v) is 7.32. The molecular weight excluding hydrogens is 510 g/mol. The predicted octanol–water partition coefficient (Wildman–Crippen LogP) is 6.04. The van der Waals surface area contributed by atoms with Gasteiger partial charge in [0.1, 0.15) is 5.82 Å². The molecule has 2 aromatic carbocycles. The number of anilines is 1. The van der Waals surface area contributed by atoms with E-state index in [9.17, 15) is 27.6 Å². The molecular formula is C28H20ClF4NO3. The van der Waals surface area contributed by atoms with Gasteiger partial charge in [-0.05, 0) is 78.3 Å². The van der Waals surface area contributed by atoms with Crippen molar-refractivity contribution in [1.29, 1.82) is 0 Å². The van der Waals surface area contributed by atoms with Crippen LogP contribution >= 0.6 is 11.6 Å². The van der Waals surface area contributed by atoms with Crippen molar-refractivity contribution < 1.29 is 31.9 Å². The zero-order valence-electron chi connectivity index (χ0n) is 19.2. The number of imide groups is 1. The highest BCUT2D eigenvalue weighted by molar-refractivity contribution is 6.31. The zero-order valence-corrected chi connectivity index (χ0v) is 20.0. The monoisotopic (exact) mass is 529 g/mol. The quantitative estimate of drug-likeness (QED) is 0.210. The first-order chi connectivity index (χ1) is 17.6. The summed E-state index contributed by atoms with van der Waals surface area (Å²) >= 11 is 5.65. The normalized spacial score (nSPS) is 35.0. The number of hydrogen-bond donors (Lipinski definition) is 0. The number of amides is 2. The van der Waals surface area contributed by atoms with Crippen molar-refractivity contribution in [2.24, 2.45) is 41.4 Å². The lowest BCUT2D eigenvalue weighted by molar-refractivity contribution is -0.137. The first-order valence-corrected chi connectivity index (χ1v) is 12.7. The Morgan fingerprint density at radius 3 is 2.16 bits per heavy atom. The van der Waals surface area contributed by atoms with Gasteiger partial charge in [-0.2, -0.15) is 13.2 Å². The smallest absolute Gasteiger partial charge is 0.294 e. The summed E-state index contributed by atoms with van der Waals surface area (Å²) in [5.41, 5.74) is -0.756. The van der Waals surface area contributed by atoms with E-state index in [2.05, 4.69) is 12.2 Å². The Bertz CT molecular complexity index is 1400. The Morgan fingerprint density at radius 2 is 1.57 bits per heavy atom. The van der Waals surface area contributed by atoms with E-state index in [4.69, 9.17) is 11.6 Å². The first kappa shape index (κ1) is 23.1. The Labute approximate surface area is 214 Å². The molecule has 2 bridgehead atoms. The molecule has 6 aliphatic rings. The fourth-order valence-electron chi connectivity index (χ4n) is 7.09. The van der Waals surface area contributed by atoms with E-state index in [1.54, 1.807) is 6.07 Å². The summed E-state index contributed by atoms with van der Waals surface area (Å²) in [6.45, 7) is 0. The molecule has 1 aliphatic heterocycles. The van der Waals surface area contributed by atoms with Crippen LogP contribution in [0.1, 0.15) is 40.2 Å². The minimum Gasteiger partial charge on any atom is -0.294 e. The summed E-state index contributed by atoms with van der Waals surface area (Å²) in [7, 11) is 0. The van der Waals surface area contributed by atoms with Crippen LogP contribution in [-0.2, 0) is 15.8 Å². The molecule has 0 spiro atoms. The molecule has 4 unspecified atom stereocenters. The number of carbonyl (C=O) groups excluding carboxylic acids is 3. The van der Waals surface area contributed by atoms with Gasteiger partial charge in [0.15, 0.2) is 5.78 Å². The van der Waals surface area contributed by atoms with Crippen molar-refractivity contribution in [2.75, 3.05) is 4.90 Å². The van der Waals surface area contributed by atoms with Gasteiger partial charge in [-0.15, -0.1) is 0 Å². The van der Waals surface area contributed by atoms with Crippen LogP contribution in [0.4, 0.5) is 23.2 Å². The SMILES string of the molecule is O=C(c1ccc(Cl)c(C(F)(F)F)c1)C1CC1c1ccc(N2C(=O)[C@@H]3[C@@H]4C=CC([C@H]5CC54)[C@@H]3C2=O)c(F)c1. The summed E-state index contributed by atoms with van der Waals surface area (Å²) in [6.07, 6.45) is 0.819. The van der Waals surface area contributed by atoms with E-state index in [1.165, 1.54) is 18.2 Å². The Hall–Kier alpha value is -3.00. The number of rotatable bonds is 4. The highest BCUT2D eigenvalue weighted by Crippen LogP contribution is 2.65. The van der Waals surface area contributed by atoms with Crippen molar-refractivity contribution in [1.82, 2.24) is 0 Å². The second-order valence-electron chi connectivity index (χ2n) is 10.9. The van der Waals surface area contributed by atoms with E-state index in [0.717, 1.165) is 23.5 Å². The number of hydrogen-bond acceptors (Lipinski definition) is 3. The molecule has 8 rings (SSSR count). The number of Topliss-reactive ketones (excluding diaryl/α,β-unsaturated/α-hetero) is 1. The molecule has 1 saturated heterocycles. The van der Waals surface area contributed by atoms with Crippen LogP contribution < -0.4 is 4.90 Å². The minimum absolute atomic E-state index is 0.0350. The highest BCUT2D eigenvalue weighted by Gasteiger charge is 2.67. The van der Waals surface area contributed by atoms with Crippen molar-refractivity contribution in [3.05, 3.63) is 76.1 Å². The lowest BCUT2D eigenvalue weighted by atomic mass is 9.63. The molecule has 3 saturated carbocycles.